The summed E-state index contributed by atoms with van der Waals surface area (Å²) in [6.07, 6.45) is 0. The molecule has 174 valence electrons. The Morgan fingerprint density at radius 2 is 1.71 bits per heavy atom. The molecule has 4 rings (SSSR count). The van der Waals surface area contributed by atoms with Crippen LogP contribution in [0.4, 0.5) is 10.1 Å². The third kappa shape index (κ3) is 5.37. The Morgan fingerprint density at radius 3 is 2.38 bits per heavy atom. The summed E-state index contributed by atoms with van der Waals surface area (Å²) >= 11 is 1.21. The lowest BCUT2D eigenvalue weighted by molar-refractivity contribution is -0.113. The molecule has 0 unspecified atom stereocenters. The number of nitrogens with one attached hydrogen (secondary N) is 1. The van der Waals surface area contributed by atoms with Crippen molar-refractivity contribution in [2.24, 2.45) is 0 Å². The lowest BCUT2D eigenvalue weighted by atomic mass is 10.2. The zero-order valence-corrected chi connectivity index (χ0v) is 19.5. The first-order valence-corrected chi connectivity index (χ1v) is 11.6. The van der Waals surface area contributed by atoms with E-state index >= 15 is 0 Å². The van der Waals surface area contributed by atoms with Gasteiger partial charge in [-0.15, -0.1) is 10.2 Å². The van der Waals surface area contributed by atoms with Crippen molar-refractivity contribution < 1.29 is 18.7 Å². The van der Waals surface area contributed by atoms with Crippen LogP contribution in [0.1, 0.15) is 6.92 Å². The van der Waals surface area contributed by atoms with Gasteiger partial charge in [-0.05, 0) is 67.6 Å². The normalized spacial score (nSPS) is 10.7. The van der Waals surface area contributed by atoms with E-state index in [1.54, 1.807) is 19.2 Å². The molecule has 3 aromatic carbocycles. The predicted octanol–water partition coefficient (Wildman–Crippen LogP) is 5.21. The van der Waals surface area contributed by atoms with Gasteiger partial charge in [0.1, 0.15) is 17.3 Å². The van der Waals surface area contributed by atoms with E-state index in [-0.39, 0.29) is 17.3 Å². The Balaban J connectivity index is 1.61. The number of anilines is 1. The molecule has 9 heteroatoms. The molecular formula is C25H23FN4O3S. The Morgan fingerprint density at radius 1 is 1.00 bits per heavy atom. The number of carbonyl (C=O) groups is 1. The van der Waals surface area contributed by atoms with E-state index in [1.807, 2.05) is 60.0 Å². The van der Waals surface area contributed by atoms with Gasteiger partial charge < -0.3 is 14.8 Å². The fourth-order valence-corrected chi connectivity index (χ4v) is 4.01. The highest BCUT2D eigenvalue weighted by Crippen LogP contribution is 2.30. The van der Waals surface area contributed by atoms with E-state index in [4.69, 9.17) is 9.47 Å². The van der Waals surface area contributed by atoms with Crippen LogP contribution in [0.5, 0.6) is 11.5 Å². The molecule has 0 saturated heterocycles. The van der Waals surface area contributed by atoms with E-state index in [9.17, 15) is 9.18 Å². The first kappa shape index (κ1) is 23.3. The van der Waals surface area contributed by atoms with E-state index in [0.29, 0.717) is 17.6 Å². The summed E-state index contributed by atoms with van der Waals surface area (Å²) in [6.45, 7) is 2.50. The predicted molar refractivity (Wildman–Crippen MR) is 130 cm³/mol. The fraction of sp³-hybridized carbons (Fsp3) is 0.160. The largest absolute Gasteiger partial charge is 0.497 e. The number of para-hydroxylation sites is 1. The third-order valence-corrected chi connectivity index (χ3v) is 5.80. The van der Waals surface area contributed by atoms with Crippen LogP contribution in [0.25, 0.3) is 17.1 Å². The maximum atomic E-state index is 13.9. The number of rotatable bonds is 9. The van der Waals surface area contributed by atoms with Crippen LogP contribution in [0, 0.1) is 5.82 Å². The number of carbonyl (C=O) groups excluding carboxylic acids is 1. The molecule has 0 aliphatic rings. The highest BCUT2D eigenvalue weighted by molar-refractivity contribution is 7.99. The zero-order valence-electron chi connectivity index (χ0n) is 18.7. The molecule has 0 atom stereocenters. The van der Waals surface area contributed by atoms with E-state index < -0.39 is 5.82 Å². The number of methoxy groups -OCH3 is 1. The summed E-state index contributed by atoms with van der Waals surface area (Å²) in [6, 6.07) is 21.1. The Kier molecular flexibility index (Phi) is 7.44. The number of thioether (sulfide) groups is 1. The van der Waals surface area contributed by atoms with E-state index in [1.165, 1.54) is 23.9 Å². The molecule has 7 nitrogen and oxygen atoms in total. The molecule has 0 radical (unpaired) electrons. The molecule has 0 aliphatic carbocycles. The van der Waals surface area contributed by atoms with Crippen molar-refractivity contribution in [2.45, 2.75) is 12.1 Å². The Bertz CT molecular complexity index is 1260. The Hall–Kier alpha value is -3.85. The van der Waals surface area contributed by atoms with Gasteiger partial charge in [-0.3, -0.25) is 9.36 Å². The van der Waals surface area contributed by atoms with Crippen LogP contribution in [0.3, 0.4) is 0 Å². The second-order valence-corrected chi connectivity index (χ2v) is 8.06. The monoisotopic (exact) mass is 478 g/mol. The summed E-state index contributed by atoms with van der Waals surface area (Å²) < 4.78 is 26.5. The summed E-state index contributed by atoms with van der Waals surface area (Å²) in [7, 11) is 1.61. The van der Waals surface area contributed by atoms with Gasteiger partial charge in [0.05, 0.1) is 25.2 Å². The average Bonchev–Trinajstić information content (AvgIpc) is 3.29. The summed E-state index contributed by atoms with van der Waals surface area (Å²) in [5.41, 5.74) is 1.79. The van der Waals surface area contributed by atoms with E-state index in [2.05, 4.69) is 15.5 Å². The van der Waals surface area contributed by atoms with Gasteiger partial charge in [0.15, 0.2) is 11.0 Å². The van der Waals surface area contributed by atoms with Crippen molar-refractivity contribution in [3.05, 3.63) is 78.6 Å². The molecule has 0 aliphatic heterocycles. The number of halogens is 1. The van der Waals surface area contributed by atoms with Crippen LogP contribution in [0.2, 0.25) is 0 Å². The number of benzene rings is 3. The SMILES string of the molecule is CCOc1ccc(-n2c(SCC(=O)Nc3ccccc3F)nnc2-c2ccc(OC)cc2)cc1. The van der Waals surface area contributed by atoms with Gasteiger partial charge >= 0.3 is 0 Å². The topological polar surface area (TPSA) is 78.3 Å². The van der Waals surface area contributed by atoms with Crippen molar-refractivity contribution in [3.63, 3.8) is 0 Å². The maximum Gasteiger partial charge on any atom is 0.234 e. The van der Waals surface area contributed by atoms with Crippen molar-refractivity contribution in [2.75, 3.05) is 24.8 Å². The van der Waals surface area contributed by atoms with Gasteiger partial charge in [-0.2, -0.15) is 0 Å². The number of hydrogen-bond donors (Lipinski definition) is 1. The zero-order chi connectivity index (χ0) is 23.9. The van der Waals surface area contributed by atoms with Crippen molar-refractivity contribution in [3.8, 4) is 28.6 Å². The second kappa shape index (κ2) is 10.8. The molecule has 1 N–H and O–H groups in total. The van der Waals surface area contributed by atoms with Crippen molar-refractivity contribution in [1.82, 2.24) is 14.8 Å². The van der Waals surface area contributed by atoms with Gasteiger partial charge in [0.25, 0.3) is 0 Å². The average molecular weight is 479 g/mol. The van der Waals surface area contributed by atoms with Crippen LogP contribution in [-0.4, -0.2) is 40.1 Å². The number of hydrogen-bond acceptors (Lipinski definition) is 6. The van der Waals surface area contributed by atoms with E-state index in [0.717, 1.165) is 22.7 Å². The van der Waals surface area contributed by atoms with Gasteiger partial charge in [-0.25, -0.2) is 4.39 Å². The number of amides is 1. The van der Waals surface area contributed by atoms with Crippen molar-refractivity contribution >= 4 is 23.4 Å². The van der Waals surface area contributed by atoms with Gasteiger partial charge in [-0.1, -0.05) is 23.9 Å². The maximum absolute atomic E-state index is 13.9. The highest BCUT2D eigenvalue weighted by Gasteiger charge is 2.18. The minimum atomic E-state index is -0.486. The first-order chi connectivity index (χ1) is 16.6. The second-order valence-electron chi connectivity index (χ2n) is 7.11. The Labute approximate surface area is 200 Å². The summed E-state index contributed by atoms with van der Waals surface area (Å²) in [5.74, 6) is 1.30. The molecule has 34 heavy (non-hydrogen) atoms. The smallest absolute Gasteiger partial charge is 0.234 e. The molecule has 1 amide bonds. The lowest BCUT2D eigenvalue weighted by Crippen LogP contribution is -2.15. The molecule has 4 aromatic rings. The highest BCUT2D eigenvalue weighted by atomic mass is 32.2. The number of aromatic nitrogens is 3. The minimum Gasteiger partial charge on any atom is -0.497 e. The molecular weight excluding hydrogens is 455 g/mol. The van der Waals surface area contributed by atoms with Crippen LogP contribution >= 0.6 is 11.8 Å². The third-order valence-electron chi connectivity index (χ3n) is 4.87. The number of ether oxygens (including phenoxy) is 2. The molecule has 1 heterocycles. The number of nitrogens with zero attached hydrogens (tertiary/aromatic N) is 3. The molecule has 0 saturated carbocycles. The molecule has 0 fully saturated rings. The van der Waals surface area contributed by atoms with Crippen LogP contribution in [0.15, 0.2) is 78.0 Å². The molecule has 1 aromatic heterocycles. The minimum absolute atomic E-state index is 0.0338. The first-order valence-electron chi connectivity index (χ1n) is 10.6. The van der Waals surface area contributed by atoms with Crippen molar-refractivity contribution in [1.29, 1.82) is 0 Å². The summed E-state index contributed by atoms with van der Waals surface area (Å²) in [4.78, 5) is 12.5. The van der Waals surface area contributed by atoms with Crippen LogP contribution < -0.4 is 14.8 Å². The van der Waals surface area contributed by atoms with Gasteiger partial charge in [0.2, 0.25) is 5.91 Å². The van der Waals surface area contributed by atoms with Crippen LogP contribution in [-0.2, 0) is 4.79 Å². The fourth-order valence-electron chi connectivity index (χ4n) is 3.26. The standard InChI is InChI=1S/C25H23FN4O3S/c1-3-33-20-14-10-18(11-15-20)30-24(17-8-12-19(32-2)13-9-17)28-29-25(30)34-16-23(31)27-22-7-5-4-6-21(22)26/h4-15H,3,16H2,1-2H3,(H,27,31). The molecule has 0 bridgehead atoms. The molecule has 0 spiro atoms. The summed E-state index contributed by atoms with van der Waals surface area (Å²) in [5, 5.41) is 11.8. The quantitative estimate of drug-likeness (QED) is 0.333. The lowest BCUT2D eigenvalue weighted by Gasteiger charge is -2.12. The van der Waals surface area contributed by atoms with Gasteiger partial charge in [0, 0.05) is 11.3 Å².